The Balaban J connectivity index is 1.48. The van der Waals surface area contributed by atoms with E-state index in [1.165, 1.54) is 30.5 Å². The van der Waals surface area contributed by atoms with Gasteiger partial charge in [0.1, 0.15) is 12.4 Å². The largest absolute Gasteiger partial charge is 0.354 e. The standard InChI is InChI=1S/C23H23FN4O3S/c24-19-8-6-18(7-9-19)16-32(30,31)22-14-28(21-5-2-1-4-20(21)22)15-23(29)26-10-3-12-27-13-11-25-17-27/h1-2,4-9,11,13-14,17H,3,10,12,15-16H2,(H,26,29). The second kappa shape index (κ2) is 9.35. The maximum Gasteiger partial charge on any atom is 0.239 e. The van der Waals surface area contributed by atoms with Crippen LogP contribution in [0.2, 0.25) is 0 Å². The maximum atomic E-state index is 13.2. The van der Waals surface area contributed by atoms with Crippen LogP contribution in [0, 0.1) is 5.82 Å². The van der Waals surface area contributed by atoms with Gasteiger partial charge in [-0.15, -0.1) is 0 Å². The zero-order chi connectivity index (χ0) is 22.6. The third kappa shape index (κ3) is 5.05. The Hall–Kier alpha value is -3.46. The van der Waals surface area contributed by atoms with E-state index >= 15 is 0 Å². The van der Waals surface area contributed by atoms with Gasteiger partial charge in [-0.2, -0.15) is 0 Å². The first kappa shape index (κ1) is 21.8. The van der Waals surface area contributed by atoms with E-state index in [9.17, 15) is 17.6 Å². The van der Waals surface area contributed by atoms with E-state index in [-0.39, 0.29) is 23.1 Å². The summed E-state index contributed by atoms with van der Waals surface area (Å²) in [6.45, 7) is 1.27. The van der Waals surface area contributed by atoms with Crippen molar-refractivity contribution in [2.75, 3.05) is 6.54 Å². The molecule has 2 aromatic carbocycles. The van der Waals surface area contributed by atoms with Gasteiger partial charge in [-0.1, -0.05) is 30.3 Å². The van der Waals surface area contributed by atoms with Gasteiger partial charge in [0.05, 0.1) is 17.0 Å². The van der Waals surface area contributed by atoms with Crippen LogP contribution in [0.15, 0.2) is 78.3 Å². The molecule has 2 aromatic heterocycles. The van der Waals surface area contributed by atoms with Crippen LogP contribution in [0.3, 0.4) is 0 Å². The van der Waals surface area contributed by atoms with Gasteiger partial charge in [0.25, 0.3) is 0 Å². The molecule has 1 N–H and O–H groups in total. The maximum absolute atomic E-state index is 13.2. The van der Waals surface area contributed by atoms with Gasteiger partial charge >= 0.3 is 0 Å². The van der Waals surface area contributed by atoms with Crippen molar-refractivity contribution in [1.82, 2.24) is 19.4 Å². The van der Waals surface area contributed by atoms with Crippen LogP contribution < -0.4 is 5.32 Å². The predicted octanol–water partition coefficient (Wildman–Crippen LogP) is 3.16. The van der Waals surface area contributed by atoms with Crippen LogP contribution in [0.25, 0.3) is 10.9 Å². The first-order valence-electron chi connectivity index (χ1n) is 10.2. The summed E-state index contributed by atoms with van der Waals surface area (Å²) >= 11 is 0. The molecule has 7 nitrogen and oxygen atoms in total. The van der Waals surface area contributed by atoms with Crippen molar-refractivity contribution in [3.63, 3.8) is 0 Å². The Bertz CT molecular complexity index is 1310. The normalized spacial score (nSPS) is 11.7. The Kier molecular flexibility index (Phi) is 6.36. The summed E-state index contributed by atoms with van der Waals surface area (Å²) in [7, 11) is -3.70. The molecule has 0 radical (unpaired) electrons. The van der Waals surface area contributed by atoms with Crippen LogP contribution in [0.4, 0.5) is 4.39 Å². The fraction of sp³-hybridized carbons (Fsp3) is 0.217. The number of aryl methyl sites for hydroxylation is 1. The summed E-state index contributed by atoms with van der Waals surface area (Å²) in [6.07, 6.45) is 7.56. The molecule has 0 unspecified atom stereocenters. The minimum atomic E-state index is -3.70. The summed E-state index contributed by atoms with van der Waals surface area (Å²) in [5.74, 6) is -0.862. The number of fused-ring (bicyclic) bond motifs is 1. The number of imidazole rings is 1. The molecule has 2 heterocycles. The number of nitrogens with one attached hydrogen (secondary N) is 1. The van der Waals surface area contributed by atoms with E-state index in [1.54, 1.807) is 41.4 Å². The number of carbonyl (C=O) groups is 1. The van der Waals surface area contributed by atoms with Crippen LogP contribution in [0.1, 0.15) is 12.0 Å². The number of halogens is 1. The minimum Gasteiger partial charge on any atom is -0.354 e. The van der Waals surface area contributed by atoms with Gasteiger partial charge in [0, 0.05) is 42.6 Å². The lowest BCUT2D eigenvalue weighted by Gasteiger charge is -2.07. The number of hydrogen-bond acceptors (Lipinski definition) is 4. The minimum absolute atomic E-state index is 0.0116. The lowest BCUT2D eigenvalue weighted by Crippen LogP contribution is -2.28. The Labute approximate surface area is 185 Å². The second-order valence-electron chi connectivity index (χ2n) is 7.53. The molecule has 4 aromatic rings. The molecular weight excluding hydrogens is 431 g/mol. The molecule has 32 heavy (non-hydrogen) atoms. The first-order chi connectivity index (χ1) is 15.4. The highest BCUT2D eigenvalue weighted by atomic mass is 32.2. The van der Waals surface area contributed by atoms with Gasteiger partial charge < -0.3 is 14.5 Å². The van der Waals surface area contributed by atoms with Crippen molar-refractivity contribution < 1.29 is 17.6 Å². The molecule has 0 fully saturated rings. The third-order valence-corrected chi connectivity index (χ3v) is 6.85. The van der Waals surface area contributed by atoms with Gasteiger partial charge in [-0.3, -0.25) is 4.79 Å². The molecule has 0 aliphatic heterocycles. The average Bonchev–Trinajstić information content (AvgIpc) is 3.42. The number of nitrogens with zero attached hydrogens (tertiary/aromatic N) is 3. The van der Waals surface area contributed by atoms with E-state index < -0.39 is 15.7 Å². The Morgan fingerprint density at radius 3 is 2.62 bits per heavy atom. The van der Waals surface area contributed by atoms with Gasteiger partial charge in [0.15, 0.2) is 9.84 Å². The predicted molar refractivity (Wildman–Crippen MR) is 119 cm³/mol. The Morgan fingerprint density at radius 2 is 1.88 bits per heavy atom. The highest BCUT2D eigenvalue weighted by Gasteiger charge is 2.22. The van der Waals surface area contributed by atoms with Crippen molar-refractivity contribution in [2.45, 2.75) is 30.2 Å². The molecule has 0 atom stereocenters. The third-order valence-electron chi connectivity index (χ3n) is 5.15. The summed E-state index contributed by atoms with van der Waals surface area (Å²) in [6, 6.07) is 12.5. The van der Waals surface area contributed by atoms with Crippen LogP contribution in [-0.2, 0) is 33.5 Å². The molecular formula is C23H23FN4O3S. The monoisotopic (exact) mass is 454 g/mol. The lowest BCUT2D eigenvalue weighted by molar-refractivity contribution is -0.121. The molecule has 1 amide bonds. The highest BCUT2D eigenvalue weighted by molar-refractivity contribution is 7.90. The van der Waals surface area contributed by atoms with Gasteiger partial charge in [-0.25, -0.2) is 17.8 Å². The summed E-state index contributed by atoms with van der Waals surface area (Å²) < 4.78 is 43.0. The summed E-state index contributed by atoms with van der Waals surface area (Å²) in [4.78, 5) is 16.6. The zero-order valence-corrected chi connectivity index (χ0v) is 18.1. The summed E-state index contributed by atoms with van der Waals surface area (Å²) in [5, 5.41) is 3.43. The van der Waals surface area contributed by atoms with Crippen molar-refractivity contribution in [3.8, 4) is 0 Å². The molecule has 0 saturated heterocycles. The number of aromatic nitrogens is 3. The number of para-hydroxylation sites is 1. The Morgan fingerprint density at radius 1 is 1.09 bits per heavy atom. The van der Waals surface area contributed by atoms with Crippen molar-refractivity contribution in [1.29, 1.82) is 0 Å². The fourth-order valence-corrected chi connectivity index (χ4v) is 5.17. The molecule has 0 bridgehead atoms. The smallest absolute Gasteiger partial charge is 0.239 e. The number of rotatable bonds is 9. The first-order valence-corrected chi connectivity index (χ1v) is 11.8. The second-order valence-corrected chi connectivity index (χ2v) is 9.49. The van der Waals surface area contributed by atoms with E-state index in [1.807, 2.05) is 10.8 Å². The summed E-state index contributed by atoms with van der Waals surface area (Å²) in [5.41, 5.74) is 1.16. The number of amides is 1. The average molecular weight is 455 g/mol. The zero-order valence-electron chi connectivity index (χ0n) is 17.3. The molecule has 0 aliphatic rings. The molecule has 166 valence electrons. The SMILES string of the molecule is O=C(Cn1cc(S(=O)(=O)Cc2ccc(F)cc2)c2ccccc21)NCCCn1ccnc1. The number of hydrogen-bond donors (Lipinski definition) is 1. The highest BCUT2D eigenvalue weighted by Crippen LogP contribution is 2.28. The number of benzene rings is 2. The molecule has 0 saturated carbocycles. The van der Waals surface area contributed by atoms with E-state index in [0.717, 1.165) is 13.0 Å². The van der Waals surface area contributed by atoms with Crippen LogP contribution >= 0.6 is 0 Å². The quantitative estimate of drug-likeness (QED) is 0.394. The van der Waals surface area contributed by atoms with Gasteiger partial charge in [0.2, 0.25) is 5.91 Å². The van der Waals surface area contributed by atoms with E-state index in [0.29, 0.717) is 23.0 Å². The lowest BCUT2D eigenvalue weighted by atomic mass is 10.2. The van der Waals surface area contributed by atoms with Crippen molar-refractivity contribution in [3.05, 3.63) is 84.8 Å². The van der Waals surface area contributed by atoms with E-state index in [2.05, 4.69) is 10.3 Å². The van der Waals surface area contributed by atoms with Crippen molar-refractivity contribution in [2.24, 2.45) is 0 Å². The molecule has 4 rings (SSSR count). The van der Waals surface area contributed by atoms with Crippen molar-refractivity contribution >= 4 is 26.6 Å². The van der Waals surface area contributed by atoms with E-state index in [4.69, 9.17) is 0 Å². The fourth-order valence-electron chi connectivity index (χ4n) is 3.59. The van der Waals surface area contributed by atoms with Crippen LogP contribution in [-0.4, -0.2) is 35.0 Å². The number of sulfone groups is 1. The number of carbonyl (C=O) groups excluding carboxylic acids is 1. The molecule has 0 spiro atoms. The molecule has 0 aliphatic carbocycles. The van der Waals surface area contributed by atoms with Gasteiger partial charge in [-0.05, 0) is 30.2 Å². The molecule has 9 heteroatoms. The van der Waals surface area contributed by atoms with Crippen LogP contribution in [0.5, 0.6) is 0 Å². The topological polar surface area (TPSA) is 86.0 Å².